The molecule has 1 rings (SSSR count). The molecular weight excluding hydrogens is 278 g/mol. The number of hydrogen-bond acceptors (Lipinski definition) is 2. The van der Waals surface area contributed by atoms with Crippen molar-refractivity contribution in [1.29, 1.82) is 0 Å². The zero-order chi connectivity index (χ0) is 12.9. The monoisotopic (exact) mass is 299 g/mol. The molecule has 0 unspecified atom stereocenters. The number of benzene rings is 1. The molecule has 0 heterocycles. The first-order valence-corrected chi connectivity index (χ1v) is 6.97. The van der Waals surface area contributed by atoms with E-state index in [0.29, 0.717) is 0 Å². The van der Waals surface area contributed by atoms with Crippen molar-refractivity contribution >= 4 is 21.6 Å². The molecule has 0 aliphatic rings. The van der Waals surface area contributed by atoms with Gasteiger partial charge in [0.05, 0.1) is 6.61 Å². The smallest absolute Gasteiger partial charge is 0.0504 e. The van der Waals surface area contributed by atoms with Crippen molar-refractivity contribution in [2.75, 3.05) is 18.5 Å². The molecule has 0 amide bonds. The fourth-order valence-corrected chi connectivity index (χ4v) is 2.21. The van der Waals surface area contributed by atoms with Crippen molar-refractivity contribution in [3.8, 4) is 0 Å². The van der Waals surface area contributed by atoms with Crippen LogP contribution in [-0.4, -0.2) is 18.3 Å². The Morgan fingerprint density at radius 1 is 1.29 bits per heavy atom. The van der Waals surface area contributed by atoms with E-state index in [1.54, 1.807) is 0 Å². The molecule has 1 aromatic rings. The maximum atomic E-state index is 9.53. The zero-order valence-electron chi connectivity index (χ0n) is 10.9. The van der Waals surface area contributed by atoms with Crippen molar-refractivity contribution in [3.63, 3.8) is 0 Å². The highest BCUT2D eigenvalue weighted by molar-refractivity contribution is 9.10. The van der Waals surface area contributed by atoms with Gasteiger partial charge < -0.3 is 10.4 Å². The Labute approximate surface area is 113 Å². The highest BCUT2D eigenvalue weighted by Crippen LogP contribution is 2.28. The standard InChI is InChI=1S/C14H22BrNO/c1-4-14(5-2,10-17)9-16-13-8-12(15)7-6-11(13)3/h6-8,16-17H,4-5,9-10H2,1-3H3. The third-order valence-electron chi connectivity index (χ3n) is 3.69. The summed E-state index contributed by atoms with van der Waals surface area (Å²) in [5.41, 5.74) is 2.36. The molecule has 0 spiro atoms. The third kappa shape index (κ3) is 3.71. The molecule has 2 nitrogen and oxygen atoms in total. The van der Waals surface area contributed by atoms with E-state index in [9.17, 15) is 5.11 Å². The maximum absolute atomic E-state index is 9.53. The largest absolute Gasteiger partial charge is 0.396 e. The number of aliphatic hydroxyl groups excluding tert-OH is 1. The molecular formula is C14H22BrNO. The van der Waals surface area contributed by atoms with Crippen LogP contribution < -0.4 is 5.32 Å². The lowest BCUT2D eigenvalue weighted by Gasteiger charge is -2.30. The number of rotatable bonds is 6. The summed E-state index contributed by atoms with van der Waals surface area (Å²) >= 11 is 3.48. The van der Waals surface area contributed by atoms with Crippen molar-refractivity contribution in [2.24, 2.45) is 5.41 Å². The van der Waals surface area contributed by atoms with Gasteiger partial charge >= 0.3 is 0 Å². The molecule has 0 aliphatic carbocycles. The van der Waals surface area contributed by atoms with E-state index in [4.69, 9.17) is 0 Å². The zero-order valence-corrected chi connectivity index (χ0v) is 12.5. The predicted molar refractivity (Wildman–Crippen MR) is 77.5 cm³/mol. The van der Waals surface area contributed by atoms with E-state index in [1.807, 2.05) is 6.07 Å². The Bertz CT molecular complexity index is 353. The second kappa shape index (κ2) is 6.41. The van der Waals surface area contributed by atoms with E-state index in [1.165, 1.54) is 5.56 Å². The number of aliphatic hydroxyl groups is 1. The minimum Gasteiger partial charge on any atom is -0.396 e. The third-order valence-corrected chi connectivity index (χ3v) is 4.18. The van der Waals surface area contributed by atoms with Crippen LogP contribution in [0.2, 0.25) is 0 Å². The average molecular weight is 300 g/mol. The SMILES string of the molecule is CCC(CC)(CO)CNc1cc(Br)ccc1C. The Hall–Kier alpha value is -0.540. The van der Waals surface area contributed by atoms with E-state index < -0.39 is 0 Å². The van der Waals surface area contributed by atoms with E-state index in [2.05, 4.69) is 54.2 Å². The molecule has 96 valence electrons. The van der Waals surface area contributed by atoms with Crippen LogP contribution in [-0.2, 0) is 0 Å². The molecule has 0 saturated heterocycles. The first-order valence-electron chi connectivity index (χ1n) is 6.18. The van der Waals surface area contributed by atoms with E-state index in [0.717, 1.165) is 29.5 Å². The molecule has 0 atom stereocenters. The molecule has 3 heteroatoms. The average Bonchev–Trinajstić information content (AvgIpc) is 2.35. The van der Waals surface area contributed by atoms with Crippen molar-refractivity contribution in [2.45, 2.75) is 33.6 Å². The normalized spacial score (nSPS) is 11.6. The van der Waals surface area contributed by atoms with Crippen LogP contribution in [0.4, 0.5) is 5.69 Å². The molecule has 2 N–H and O–H groups in total. The van der Waals surface area contributed by atoms with Gasteiger partial charge in [0.15, 0.2) is 0 Å². The topological polar surface area (TPSA) is 32.3 Å². The summed E-state index contributed by atoms with van der Waals surface area (Å²) in [4.78, 5) is 0. The molecule has 0 fully saturated rings. The molecule has 0 aromatic heterocycles. The summed E-state index contributed by atoms with van der Waals surface area (Å²) in [5, 5.41) is 13.0. The van der Waals surface area contributed by atoms with Gasteiger partial charge in [-0.25, -0.2) is 0 Å². The number of nitrogens with one attached hydrogen (secondary N) is 1. The van der Waals surface area contributed by atoms with Crippen LogP contribution in [0.25, 0.3) is 0 Å². The van der Waals surface area contributed by atoms with Crippen LogP contribution in [0.3, 0.4) is 0 Å². The van der Waals surface area contributed by atoms with Gasteiger partial charge in [0.2, 0.25) is 0 Å². The van der Waals surface area contributed by atoms with Crippen molar-refractivity contribution < 1.29 is 5.11 Å². The Kier molecular flexibility index (Phi) is 5.47. The quantitative estimate of drug-likeness (QED) is 0.833. The molecule has 0 radical (unpaired) electrons. The second-order valence-corrected chi connectivity index (χ2v) is 5.59. The Balaban J connectivity index is 2.75. The van der Waals surface area contributed by atoms with Gasteiger partial charge in [-0.3, -0.25) is 0 Å². The predicted octanol–water partition coefficient (Wildman–Crippen LogP) is 3.97. The highest BCUT2D eigenvalue weighted by atomic mass is 79.9. The maximum Gasteiger partial charge on any atom is 0.0504 e. The summed E-state index contributed by atoms with van der Waals surface area (Å²) in [6.45, 7) is 7.41. The van der Waals surface area contributed by atoms with Gasteiger partial charge in [0.25, 0.3) is 0 Å². The lowest BCUT2D eigenvalue weighted by atomic mass is 9.83. The van der Waals surface area contributed by atoms with Gasteiger partial charge in [-0.05, 0) is 37.5 Å². The van der Waals surface area contributed by atoms with Gasteiger partial charge in [-0.15, -0.1) is 0 Å². The minimum absolute atomic E-state index is 0.00520. The number of aryl methyl sites for hydroxylation is 1. The number of halogens is 1. The lowest BCUT2D eigenvalue weighted by molar-refractivity contribution is 0.127. The number of anilines is 1. The summed E-state index contributed by atoms with van der Waals surface area (Å²) in [7, 11) is 0. The lowest BCUT2D eigenvalue weighted by Crippen LogP contribution is -2.32. The summed E-state index contributed by atoms with van der Waals surface area (Å²) in [6.07, 6.45) is 1.97. The molecule has 17 heavy (non-hydrogen) atoms. The summed E-state index contributed by atoms with van der Waals surface area (Å²) in [6, 6.07) is 6.22. The van der Waals surface area contributed by atoms with Crippen molar-refractivity contribution in [3.05, 3.63) is 28.2 Å². The Morgan fingerprint density at radius 3 is 2.47 bits per heavy atom. The van der Waals surface area contributed by atoms with Gasteiger partial charge in [0, 0.05) is 22.1 Å². The Morgan fingerprint density at radius 2 is 1.94 bits per heavy atom. The minimum atomic E-state index is -0.00520. The fourth-order valence-electron chi connectivity index (χ4n) is 1.85. The molecule has 1 aromatic carbocycles. The highest BCUT2D eigenvalue weighted by Gasteiger charge is 2.24. The summed E-state index contributed by atoms with van der Waals surface area (Å²) < 4.78 is 1.08. The molecule has 0 bridgehead atoms. The molecule has 0 saturated carbocycles. The van der Waals surface area contributed by atoms with Crippen LogP contribution in [0, 0.1) is 12.3 Å². The van der Waals surface area contributed by atoms with E-state index in [-0.39, 0.29) is 12.0 Å². The first-order chi connectivity index (χ1) is 8.06. The molecule has 0 aliphatic heterocycles. The summed E-state index contributed by atoms with van der Waals surface area (Å²) in [5.74, 6) is 0. The second-order valence-electron chi connectivity index (χ2n) is 4.68. The first kappa shape index (κ1) is 14.5. The van der Waals surface area contributed by atoms with Gasteiger partial charge in [-0.2, -0.15) is 0 Å². The van der Waals surface area contributed by atoms with Crippen LogP contribution >= 0.6 is 15.9 Å². The van der Waals surface area contributed by atoms with Gasteiger partial charge in [0.1, 0.15) is 0 Å². The van der Waals surface area contributed by atoms with Gasteiger partial charge in [-0.1, -0.05) is 35.8 Å². The number of hydrogen-bond donors (Lipinski definition) is 2. The van der Waals surface area contributed by atoms with Crippen LogP contribution in [0.5, 0.6) is 0 Å². The fraction of sp³-hybridized carbons (Fsp3) is 0.571. The van der Waals surface area contributed by atoms with Crippen molar-refractivity contribution in [1.82, 2.24) is 0 Å². The van der Waals surface area contributed by atoms with E-state index >= 15 is 0 Å². The van der Waals surface area contributed by atoms with Crippen LogP contribution in [0.1, 0.15) is 32.3 Å². The van der Waals surface area contributed by atoms with Crippen LogP contribution in [0.15, 0.2) is 22.7 Å².